The van der Waals surface area contributed by atoms with Crippen LogP contribution < -0.4 is 5.32 Å². The summed E-state index contributed by atoms with van der Waals surface area (Å²) in [5.74, 6) is -0.176. The second-order valence-corrected chi connectivity index (χ2v) is 8.26. The molecular formula is C21H30N2O5. The van der Waals surface area contributed by atoms with Crippen LogP contribution in [-0.4, -0.2) is 47.7 Å². The highest BCUT2D eigenvalue weighted by molar-refractivity contribution is 5.94. The molecule has 1 saturated heterocycles. The largest absolute Gasteiger partial charge is 0.449 e. The van der Waals surface area contributed by atoms with Gasteiger partial charge in [-0.05, 0) is 64.7 Å². The van der Waals surface area contributed by atoms with Crippen LogP contribution in [0, 0.1) is 5.92 Å². The van der Waals surface area contributed by atoms with E-state index in [1.54, 1.807) is 50.8 Å². The van der Waals surface area contributed by atoms with E-state index in [-0.39, 0.29) is 11.5 Å². The molecule has 1 fully saturated rings. The van der Waals surface area contributed by atoms with E-state index in [2.05, 4.69) is 12.2 Å². The number of anilines is 1. The van der Waals surface area contributed by atoms with Gasteiger partial charge >= 0.3 is 12.1 Å². The molecule has 7 heteroatoms. The molecule has 2 amide bonds. The maximum atomic E-state index is 12.5. The van der Waals surface area contributed by atoms with Crippen LogP contribution in [0.2, 0.25) is 0 Å². The Bertz CT molecular complexity index is 718. The lowest BCUT2D eigenvalue weighted by atomic mass is 9.99. The SMILES string of the molecule is CC1CCN(C(=O)[C@H](C)OC(=O)c2cccc(NC(=O)OC(C)(C)C)c2)CC1. The van der Waals surface area contributed by atoms with Crippen LogP contribution >= 0.6 is 0 Å². The van der Waals surface area contributed by atoms with E-state index < -0.39 is 23.8 Å². The Balaban J connectivity index is 1.94. The second kappa shape index (κ2) is 9.08. The predicted molar refractivity (Wildman–Crippen MR) is 106 cm³/mol. The molecule has 7 nitrogen and oxygen atoms in total. The first-order valence-electron chi connectivity index (χ1n) is 9.65. The molecule has 154 valence electrons. The molecule has 28 heavy (non-hydrogen) atoms. The van der Waals surface area contributed by atoms with E-state index in [0.717, 1.165) is 12.8 Å². The minimum absolute atomic E-state index is 0.178. The number of hydrogen-bond acceptors (Lipinski definition) is 5. The van der Waals surface area contributed by atoms with Gasteiger partial charge in [0.15, 0.2) is 6.10 Å². The molecule has 1 aromatic carbocycles. The van der Waals surface area contributed by atoms with Crippen molar-refractivity contribution >= 4 is 23.7 Å². The van der Waals surface area contributed by atoms with Gasteiger partial charge in [0.25, 0.3) is 5.91 Å². The second-order valence-electron chi connectivity index (χ2n) is 8.26. The van der Waals surface area contributed by atoms with E-state index in [0.29, 0.717) is 24.7 Å². The van der Waals surface area contributed by atoms with Gasteiger partial charge in [0.2, 0.25) is 0 Å². The van der Waals surface area contributed by atoms with Gasteiger partial charge in [-0.25, -0.2) is 9.59 Å². The summed E-state index contributed by atoms with van der Waals surface area (Å²) in [7, 11) is 0. The summed E-state index contributed by atoms with van der Waals surface area (Å²) in [5.41, 5.74) is 0.0380. The molecule has 0 aliphatic carbocycles. The van der Waals surface area contributed by atoms with Gasteiger partial charge in [0.05, 0.1) is 5.56 Å². The Morgan fingerprint density at radius 2 is 1.82 bits per heavy atom. The monoisotopic (exact) mass is 390 g/mol. The molecule has 0 aromatic heterocycles. The lowest BCUT2D eigenvalue weighted by Gasteiger charge is -2.31. The number of benzene rings is 1. The van der Waals surface area contributed by atoms with Crippen molar-refractivity contribution in [2.24, 2.45) is 5.92 Å². The summed E-state index contributed by atoms with van der Waals surface area (Å²) in [6, 6.07) is 6.33. The zero-order valence-corrected chi connectivity index (χ0v) is 17.3. The average Bonchev–Trinajstić information content (AvgIpc) is 2.60. The molecule has 1 aliphatic heterocycles. The maximum absolute atomic E-state index is 12.5. The Hall–Kier alpha value is -2.57. The van der Waals surface area contributed by atoms with E-state index in [1.807, 2.05) is 0 Å². The van der Waals surface area contributed by atoms with Crippen molar-refractivity contribution in [1.82, 2.24) is 4.90 Å². The van der Waals surface area contributed by atoms with Gasteiger partial charge in [0.1, 0.15) is 5.60 Å². The number of likely N-dealkylation sites (tertiary alicyclic amines) is 1. The third-order valence-corrected chi connectivity index (χ3v) is 4.47. The summed E-state index contributed by atoms with van der Waals surface area (Å²) in [4.78, 5) is 38.5. The van der Waals surface area contributed by atoms with Crippen molar-refractivity contribution in [3.8, 4) is 0 Å². The van der Waals surface area contributed by atoms with Crippen LogP contribution in [0.15, 0.2) is 24.3 Å². The number of carbonyl (C=O) groups excluding carboxylic acids is 3. The quantitative estimate of drug-likeness (QED) is 0.790. The summed E-state index contributed by atoms with van der Waals surface area (Å²) in [6.45, 7) is 10.4. The number of rotatable bonds is 4. The highest BCUT2D eigenvalue weighted by Crippen LogP contribution is 2.18. The van der Waals surface area contributed by atoms with Gasteiger partial charge in [0, 0.05) is 18.8 Å². The molecule has 1 N–H and O–H groups in total. The Morgan fingerprint density at radius 3 is 2.43 bits per heavy atom. The van der Waals surface area contributed by atoms with Crippen molar-refractivity contribution in [2.45, 2.75) is 59.2 Å². The molecule has 0 bridgehead atoms. The van der Waals surface area contributed by atoms with E-state index in [1.165, 1.54) is 6.07 Å². The van der Waals surface area contributed by atoms with E-state index in [9.17, 15) is 14.4 Å². The van der Waals surface area contributed by atoms with Crippen LogP contribution in [0.25, 0.3) is 0 Å². The zero-order chi connectivity index (χ0) is 20.9. The number of esters is 1. The fourth-order valence-corrected chi connectivity index (χ4v) is 2.91. The third-order valence-electron chi connectivity index (χ3n) is 4.47. The molecule has 0 spiro atoms. The first-order chi connectivity index (χ1) is 13.0. The first-order valence-corrected chi connectivity index (χ1v) is 9.65. The Kier molecular flexibility index (Phi) is 7.05. The van der Waals surface area contributed by atoms with Crippen LogP contribution in [-0.2, 0) is 14.3 Å². The van der Waals surface area contributed by atoms with Crippen LogP contribution in [0.4, 0.5) is 10.5 Å². The highest BCUT2D eigenvalue weighted by atomic mass is 16.6. The number of nitrogens with one attached hydrogen (secondary N) is 1. The topological polar surface area (TPSA) is 84.9 Å². The molecule has 2 rings (SSSR count). The maximum Gasteiger partial charge on any atom is 0.412 e. The van der Waals surface area contributed by atoms with Crippen LogP contribution in [0.1, 0.15) is 57.8 Å². The summed E-state index contributed by atoms with van der Waals surface area (Å²) in [5, 5.41) is 2.58. The number of piperidine rings is 1. The number of hydrogen-bond donors (Lipinski definition) is 1. The van der Waals surface area contributed by atoms with Crippen molar-refractivity contribution in [2.75, 3.05) is 18.4 Å². The number of carbonyl (C=O) groups is 3. The van der Waals surface area contributed by atoms with Gasteiger partial charge in [-0.3, -0.25) is 10.1 Å². The minimum Gasteiger partial charge on any atom is -0.449 e. The lowest BCUT2D eigenvalue weighted by Crippen LogP contribution is -2.44. The molecule has 0 saturated carbocycles. The summed E-state index contributed by atoms with van der Waals surface area (Å²) < 4.78 is 10.5. The Labute approximate surface area is 166 Å². The van der Waals surface area contributed by atoms with E-state index >= 15 is 0 Å². The zero-order valence-electron chi connectivity index (χ0n) is 17.3. The highest BCUT2D eigenvalue weighted by Gasteiger charge is 2.27. The normalized spacial score (nSPS) is 16.2. The third kappa shape index (κ3) is 6.55. The van der Waals surface area contributed by atoms with Gasteiger partial charge in [-0.15, -0.1) is 0 Å². The van der Waals surface area contributed by atoms with E-state index in [4.69, 9.17) is 9.47 Å². The first kappa shape index (κ1) is 21.7. The predicted octanol–water partition coefficient (Wildman–Crippen LogP) is 3.84. The fourth-order valence-electron chi connectivity index (χ4n) is 2.91. The molecule has 0 unspecified atom stereocenters. The molecule has 1 aliphatic rings. The van der Waals surface area contributed by atoms with Gasteiger partial charge < -0.3 is 14.4 Å². The lowest BCUT2D eigenvalue weighted by molar-refractivity contribution is -0.141. The average molecular weight is 390 g/mol. The van der Waals surface area contributed by atoms with Crippen LogP contribution in [0.3, 0.4) is 0 Å². The smallest absolute Gasteiger partial charge is 0.412 e. The molecule has 0 radical (unpaired) electrons. The van der Waals surface area contributed by atoms with Crippen molar-refractivity contribution in [1.29, 1.82) is 0 Å². The number of nitrogens with zero attached hydrogens (tertiary/aromatic N) is 1. The van der Waals surface area contributed by atoms with Gasteiger partial charge in [-0.1, -0.05) is 13.0 Å². The molecule has 1 aromatic rings. The van der Waals surface area contributed by atoms with Crippen molar-refractivity contribution < 1.29 is 23.9 Å². The minimum atomic E-state index is -0.858. The summed E-state index contributed by atoms with van der Waals surface area (Å²) >= 11 is 0. The van der Waals surface area contributed by atoms with Crippen molar-refractivity contribution in [3.05, 3.63) is 29.8 Å². The standard InChI is InChI=1S/C21H30N2O5/c1-14-9-11-23(12-10-14)18(24)15(2)27-19(25)16-7-6-8-17(13-16)22-20(26)28-21(3,4)5/h6-8,13-15H,9-12H2,1-5H3,(H,22,26)/t15-/m0/s1. The number of amides is 2. The van der Waals surface area contributed by atoms with Crippen molar-refractivity contribution in [3.63, 3.8) is 0 Å². The molecule has 1 atom stereocenters. The van der Waals surface area contributed by atoms with Crippen LogP contribution in [0.5, 0.6) is 0 Å². The number of ether oxygens (including phenoxy) is 2. The molecule has 1 heterocycles. The fraction of sp³-hybridized carbons (Fsp3) is 0.571. The molecular weight excluding hydrogens is 360 g/mol. The van der Waals surface area contributed by atoms with Gasteiger partial charge in [-0.2, -0.15) is 0 Å². The summed E-state index contributed by atoms with van der Waals surface area (Å²) in [6.07, 6.45) is 0.458. The Morgan fingerprint density at radius 1 is 1.18 bits per heavy atom.